The second-order valence-electron chi connectivity index (χ2n) is 4.71. The number of carbonyl (C=O) groups excluding carboxylic acids is 1. The van der Waals surface area contributed by atoms with E-state index >= 15 is 0 Å². The highest BCUT2D eigenvalue weighted by Crippen LogP contribution is 2.12. The first-order valence-electron chi connectivity index (χ1n) is 6.05. The van der Waals surface area contributed by atoms with Crippen molar-refractivity contribution >= 4 is 17.7 Å². The molecule has 0 aromatic rings. The number of rotatable bonds is 8. The lowest BCUT2D eigenvalue weighted by molar-refractivity contribution is -0.130. The van der Waals surface area contributed by atoms with Gasteiger partial charge >= 0.3 is 0 Å². The van der Waals surface area contributed by atoms with Gasteiger partial charge in [0.2, 0.25) is 5.91 Å². The van der Waals surface area contributed by atoms with E-state index in [1.165, 1.54) is 0 Å². The second-order valence-corrected chi connectivity index (χ2v) is 5.82. The van der Waals surface area contributed by atoms with Crippen molar-refractivity contribution < 1.29 is 4.79 Å². The Morgan fingerprint density at radius 3 is 2.31 bits per heavy atom. The van der Waals surface area contributed by atoms with E-state index in [2.05, 4.69) is 0 Å². The summed E-state index contributed by atoms with van der Waals surface area (Å²) in [5.74, 6) is 2.25. The van der Waals surface area contributed by atoms with E-state index in [-0.39, 0.29) is 11.4 Å². The van der Waals surface area contributed by atoms with Crippen LogP contribution in [0, 0.1) is 0 Å². The van der Waals surface area contributed by atoms with Crippen LogP contribution < -0.4 is 5.73 Å². The molecule has 0 saturated carbocycles. The first kappa shape index (κ1) is 15.8. The molecular formula is C12H26N2OS. The van der Waals surface area contributed by atoms with Crippen molar-refractivity contribution in [3.05, 3.63) is 0 Å². The van der Waals surface area contributed by atoms with Gasteiger partial charge in [-0.2, -0.15) is 11.8 Å². The molecule has 0 saturated heterocycles. The molecule has 0 atom stereocenters. The Kier molecular flexibility index (Phi) is 7.85. The van der Waals surface area contributed by atoms with E-state index < -0.39 is 0 Å². The van der Waals surface area contributed by atoms with Crippen LogP contribution in [0.3, 0.4) is 0 Å². The summed E-state index contributed by atoms with van der Waals surface area (Å²) in [6.45, 7) is 9.74. The normalized spacial score (nSPS) is 11.6. The monoisotopic (exact) mass is 246 g/mol. The van der Waals surface area contributed by atoms with Crippen molar-refractivity contribution in [3.8, 4) is 0 Å². The first-order chi connectivity index (χ1) is 7.40. The maximum absolute atomic E-state index is 11.7. The zero-order valence-corrected chi connectivity index (χ0v) is 11.9. The zero-order chi connectivity index (χ0) is 12.6. The summed E-state index contributed by atoms with van der Waals surface area (Å²) in [5.41, 5.74) is 5.77. The largest absolute Gasteiger partial charge is 0.343 e. The quantitative estimate of drug-likeness (QED) is 0.667. The summed E-state index contributed by atoms with van der Waals surface area (Å²) in [6.07, 6.45) is 1.62. The third-order valence-corrected chi connectivity index (χ3v) is 3.80. The molecule has 96 valence electrons. The van der Waals surface area contributed by atoms with Gasteiger partial charge < -0.3 is 10.6 Å². The summed E-state index contributed by atoms with van der Waals surface area (Å²) >= 11 is 1.83. The van der Waals surface area contributed by atoms with Gasteiger partial charge in [-0.15, -0.1) is 0 Å². The fourth-order valence-electron chi connectivity index (χ4n) is 1.40. The lowest BCUT2D eigenvalue weighted by Crippen LogP contribution is -2.34. The number of hydrogen-bond acceptors (Lipinski definition) is 3. The van der Waals surface area contributed by atoms with E-state index in [9.17, 15) is 4.79 Å². The molecule has 0 bridgehead atoms. The van der Waals surface area contributed by atoms with Gasteiger partial charge in [0.1, 0.15) is 0 Å². The fourth-order valence-corrected chi connectivity index (χ4v) is 2.41. The molecule has 0 aliphatic heterocycles. The molecule has 0 fully saturated rings. The molecule has 0 spiro atoms. The number of nitrogens with two attached hydrogens (primary N) is 1. The van der Waals surface area contributed by atoms with Crippen LogP contribution in [0.5, 0.6) is 0 Å². The van der Waals surface area contributed by atoms with E-state index in [0.29, 0.717) is 6.42 Å². The number of carbonyl (C=O) groups is 1. The molecule has 4 heteroatoms. The summed E-state index contributed by atoms with van der Waals surface area (Å²) in [7, 11) is 0. The maximum Gasteiger partial charge on any atom is 0.222 e. The number of nitrogens with zero attached hydrogens (tertiary/aromatic N) is 1. The third kappa shape index (κ3) is 7.99. The topological polar surface area (TPSA) is 46.3 Å². The van der Waals surface area contributed by atoms with E-state index in [1.54, 1.807) is 0 Å². The molecule has 0 radical (unpaired) electrons. The van der Waals surface area contributed by atoms with Gasteiger partial charge in [0, 0.05) is 30.8 Å². The Morgan fingerprint density at radius 2 is 1.88 bits per heavy atom. The first-order valence-corrected chi connectivity index (χ1v) is 7.20. The third-order valence-electron chi connectivity index (χ3n) is 2.27. The molecule has 1 amide bonds. The van der Waals surface area contributed by atoms with Crippen LogP contribution in [0.25, 0.3) is 0 Å². The number of amides is 1. The van der Waals surface area contributed by atoms with Crippen LogP contribution in [-0.2, 0) is 4.79 Å². The predicted molar refractivity (Wildman–Crippen MR) is 72.8 cm³/mol. The van der Waals surface area contributed by atoms with Gasteiger partial charge in [0.25, 0.3) is 0 Å². The van der Waals surface area contributed by atoms with Gasteiger partial charge in [-0.05, 0) is 39.9 Å². The van der Waals surface area contributed by atoms with Gasteiger partial charge in [0.05, 0.1) is 0 Å². The Labute approximate surface area is 104 Å². The smallest absolute Gasteiger partial charge is 0.222 e. The molecule has 0 unspecified atom stereocenters. The van der Waals surface area contributed by atoms with Crippen LogP contribution in [-0.4, -0.2) is 40.9 Å². The van der Waals surface area contributed by atoms with E-state index in [4.69, 9.17) is 5.73 Å². The van der Waals surface area contributed by atoms with Gasteiger partial charge in [-0.25, -0.2) is 0 Å². The summed E-state index contributed by atoms with van der Waals surface area (Å²) in [5, 5.41) is 0. The molecule has 0 heterocycles. The molecule has 16 heavy (non-hydrogen) atoms. The minimum absolute atomic E-state index is 0.104. The Balaban J connectivity index is 3.55. The summed E-state index contributed by atoms with van der Waals surface area (Å²) in [6, 6.07) is 0. The van der Waals surface area contributed by atoms with E-state index in [1.807, 2.05) is 44.4 Å². The van der Waals surface area contributed by atoms with Crippen LogP contribution in [0.1, 0.15) is 40.5 Å². The highest BCUT2D eigenvalue weighted by Gasteiger charge is 2.11. The summed E-state index contributed by atoms with van der Waals surface area (Å²) in [4.78, 5) is 13.5. The highest BCUT2D eigenvalue weighted by atomic mass is 32.2. The average molecular weight is 246 g/mol. The molecule has 0 aromatic heterocycles. The van der Waals surface area contributed by atoms with Crippen molar-refractivity contribution in [2.45, 2.75) is 46.1 Å². The second kappa shape index (κ2) is 7.96. The molecule has 3 nitrogen and oxygen atoms in total. The Bertz CT molecular complexity index is 198. The molecule has 2 N–H and O–H groups in total. The average Bonchev–Trinajstić information content (AvgIpc) is 2.17. The van der Waals surface area contributed by atoms with Crippen LogP contribution >= 0.6 is 11.8 Å². The minimum Gasteiger partial charge on any atom is -0.343 e. The number of hydrogen-bond donors (Lipinski definition) is 1. The molecule has 0 aliphatic rings. The Hall–Kier alpha value is -0.220. The predicted octanol–water partition coefficient (Wildman–Crippen LogP) is 2.11. The number of thioether (sulfide) groups is 1. The van der Waals surface area contributed by atoms with Gasteiger partial charge in [0.15, 0.2) is 0 Å². The van der Waals surface area contributed by atoms with Gasteiger partial charge in [-0.3, -0.25) is 4.79 Å². The minimum atomic E-state index is -0.104. The van der Waals surface area contributed by atoms with Crippen molar-refractivity contribution in [1.82, 2.24) is 4.90 Å². The molecule has 0 aliphatic carbocycles. The van der Waals surface area contributed by atoms with Gasteiger partial charge in [-0.1, -0.05) is 0 Å². The van der Waals surface area contributed by atoms with Crippen molar-refractivity contribution in [2.75, 3.05) is 24.6 Å². The van der Waals surface area contributed by atoms with Crippen molar-refractivity contribution in [3.63, 3.8) is 0 Å². The van der Waals surface area contributed by atoms with Crippen LogP contribution in [0.2, 0.25) is 0 Å². The fraction of sp³-hybridized carbons (Fsp3) is 0.917. The van der Waals surface area contributed by atoms with Crippen LogP contribution in [0.4, 0.5) is 0 Å². The Morgan fingerprint density at radius 1 is 1.31 bits per heavy atom. The SMILES string of the molecule is CCN(CC)C(=O)CCCSCC(C)(C)N. The molecule has 0 rings (SSSR count). The summed E-state index contributed by atoms with van der Waals surface area (Å²) < 4.78 is 0. The molecule has 0 aromatic carbocycles. The van der Waals surface area contributed by atoms with Crippen molar-refractivity contribution in [2.24, 2.45) is 5.73 Å². The highest BCUT2D eigenvalue weighted by molar-refractivity contribution is 7.99. The maximum atomic E-state index is 11.7. The molecular weight excluding hydrogens is 220 g/mol. The van der Waals surface area contributed by atoms with Crippen LogP contribution in [0.15, 0.2) is 0 Å². The lowest BCUT2D eigenvalue weighted by atomic mass is 10.1. The van der Waals surface area contributed by atoms with E-state index in [0.717, 1.165) is 31.0 Å². The van der Waals surface area contributed by atoms with Crippen molar-refractivity contribution in [1.29, 1.82) is 0 Å². The lowest BCUT2D eigenvalue weighted by Gasteiger charge is -2.19. The zero-order valence-electron chi connectivity index (χ0n) is 11.1. The standard InChI is InChI=1S/C12H26N2OS/c1-5-14(6-2)11(15)8-7-9-16-10-12(3,4)13/h5-10,13H2,1-4H3.